The summed E-state index contributed by atoms with van der Waals surface area (Å²) in [4.78, 5) is 7.90. The lowest BCUT2D eigenvalue weighted by atomic mass is 10.1. The molecule has 2 aromatic carbocycles. The van der Waals surface area contributed by atoms with Crippen LogP contribution in [0.5, 0.6) is 34.5 Å². The minimum Gasteiger partial charge on any atom is -0.493 e. The van der Waals surface area contributed by atoms with Crippen molar-refractivity contribution in [1.29, 1.82) is 0 Å². The number of ether oxygens (including phenoxy) is 6. The van der Waals surface area contributed by atoms with E-state index in [0.29, 0.717) is 52.3 Å². The lowest BCUT2D eigenvalue weighted by molar-refractivity contribution is 0.324. The lowest BCUT2D eigenvalue weighted by Gasteiger charge is -2.14. The third kappa shape index (κ3) is 7.91. The summed E-state index contributed by atoms with van der Waals surface area (Å²) in [5.41, 5.74) is 13.4. The molecule has 0 fully saturated rings. The Kier molecular flexibility index (Phi) is 10.6. The van der Waals surface area contributed by atoms with Crippen molar-refractivity contribution in [3.8, 4) is 34.5 Å². The summed E-state index contributed by atoms with van der Waals surface area (Å²) in [7, 11) is 4.90. The SMILES string of the molecule is COc1cc(CS(=O)(=O)O)cc(OC)c1OC.COc1cc(Cc2cnc(N)nc2N)cc(OC)c1OC. The molecule has 5 N–H and O–H groups in total. The predicted octanol–water partition coefficient (Wildman–Crippen LogP) is 2.36. The number of methoxy groups -OCH3 is 6. The van der Waals surface area contributed by atoms with Crippen LogP contribution in [0.25, 0.3) is 0 Å². The Morgan fingerprint density at radius 2 is 1.16 bits per heavy atom. The fraction of sp³-hybridized carbons (Fsp3) is 0.333. The van der Waals surface area contributed by atoms with Gasteiger partial charge in [0.05, 0.1) is 42.7 Å². The van der Waals surface area contributed by atoms with Gasteiger partial charge in [-0.25, -0.2) is 4.98 Å². The van der Waals surface area contributed by atoms with Crippen molar-refractivity contribution in [3.63, 3.8) is 0 Å². The standard InChI is InChI=1S/C14H18N4O3.C10H14O6S/c1-19-10-5-8(6-11(20-2)12(10)21-3)4-9-7-17-14(16)18-13(9)15;1-14-8-4-7(6-17(11,12)13)5-9(15-2)10(8)16-3/h5-7H,4H2,1-3H3,(H4,15,16,17,18);4-5H,6H2,1-3H3,(H,11,12,13). The largest absolute Gasteiger partial charge is 0.493 e. The molecule has 0 atom stereocenters. The molecule has 3 aromatic rings. The highest BCUT2D eigenvalue weighted by atomic mass is 32.2. The van der Waals surface area contributed by atoms with E-state index in [1.54, 1.807) is 27.5 Å². The van der Waals surface area contributed by atoms with E-state index >= 15 is 0 Å². The average Bonchev–Trinajstić information content (AvgIpc) is 2.88. The van der Waals surface area contributed by atoms with E-state index in [-0.39, 0.29) is 5.95 Å². The number of nitrogen functional groups attached to an aromatic ring is 2. The van der Waals surface area contributed by atoms with Crippen molar-refractivity contribution in [3.05, 3.63) is 47.2 Å². The van der Waals surface area contributed by atoms with Gasteiger partial charge in [0.15, 0.2) is 23.0 Å². The molecule has 0 aliphatic rings. The summed E-state index contributed by atoms with van der Waals surface area (Å²) in [5.74, 6) is 2.76. The lowest BCUT2D eigenvalue weighted by Crippen LogP contribution is -2.04. The quantitative estimate of drug-likeness (QED) is 0.311. The van der Waals surface area contributed by atoms with Crippen LogP contribution in [-0.2, 0) is 22.3 Å². The maximum atomic E-state index is 10.8. The molecule has 0 unspecified atom stereocenters. The number of aromatic nitrogens is 2. The molecule has 0 saturated heterocycles. The van der Waals surface area contributed by atoms with Crippen molar-refractivity contribution >= 4 is 21.9 Å². The minimum atomic E-state index is -4.10. The molecule has 0 bridgehead atoms. The predicted molar refractivity (Wildman–Crippen MR) is 141 cm³/mol. The van der Waals surface area contributed by atoms with Crippen molar-refractivity contribution in [2.45, 2.75) is 12.2 Å². The maximum Gasteiger partial charge on any atom is 0.269 e. The van der Waals surface area contributed by atoms with Gasteiger partial charge in [-0.3, -0.25) is 4.55 Å². The number of nitrogens with zero attached hydrogens (tertiary/aromatic N) is 2. The van der Waals surface area contributed by atoms with Crippen molar-refractivity contribution < 1.29 is 41.4 Å². The summed E-state index contributed by atoms with van der Waals surface area (Å²) in [5, 5.41) is 0. The molecule has 38 heavy (non-hydrogen) atoms. The number of nitrogens with two attached hydrogens (primary N) is 2. The van der Waals surface area contributed by atoms with Gasteiger partial charge in [0.2, 0.25) is 17.4 Å². The molecule has 13 nitrogen and oxygen atoms in total. The van der Waals surface area contributed by atoms with Crippen LogP contribution in [0.1, 0.15) is 16.7 Å². The van der Waals surface area contributed by atoms with E-state index in [0.717, 1.165) is 11.1 Å². The van der Waals surface area contributed by atoms with Gasteiger partial charge < -0.3 is 39.9 Å². The van der Waals surface area contributed by atoms with Crippen LogP contribution in [0.15, 0.2) is 30.5 Å². The second-order valence-corrected chi connectivity index (χ2v) is 9.06. The summed E-state index contributed by atoms with van der Waals surface area (Å²) >= 11 is 0. The van der Waals surface area contributed by atoms with Gasteiger partial charge in [-0.05, 0) is 35.4 Å². The monoisotopic (exact) mass is 552 g/mol. The van der Waals surface area contributed by atoms with Crippen LogP contribution >= 0.6 is 0 Å². The molecule has 0 saturated carbocycles. The fourth-order valence-corrected chi connectivity index (χ4v) is 4.05. The van der Waals surface area contributed by atoms with E-state index in [9.17, 15) is 8.42 Å². The Hall–Kier alpha value is -4.17. The second kappa shape index (κ2) is 13.4. The van der Waals surface area contributed by atoms with E-state index in [2.05, 4.69) is 9.97 Å². The van der Waals surface area contributed by atoms with E-state index in [1.807, 2.05) is 12.1 Å². The first-order valence-corrected chi connectivity index (χ1v) is 12.5. The summed E-state index contributed by atoms with van der Waals surface area (Å²) < 4.78 is 61.5. The van der Waals surface area contributed by atoms with Crippen LogP contribution in [0.2, 0.25) is 0 Å². The van der Waals surface area contributed by atoms with Crippen LogP contribution in [0.4, 0.5) is 11.8 Å². The molecular weight excluding hydrogens is 520 g/mol. The van der Waals surface area contributed by atoms with Gasteiger partial charge in [0.25, 0.3) is 10.1 Å². The van der Waals surface area contributed by atoms with Crippen molar-refractivity contribution in [2.24, 2.45) is 0 Å². The van der Waals surface area contributed by atoms with E-state index < -0.39 is 15.9 Å². The zero-order valence-corrected chi connectivity index (χ0v) is 22.8. The molecule has 1 heterocycles. The van der Waals surface area contributed by atoms with Crippen molar-refractivity contribution in [1.82, 2.24) is 9.97 Å². The maximum absolute atomic E-state index is 10.8. The number of hydrogen-bond donors (Lipinski definition) is 3. The zero-order valence-electron chi connectivity index (χ0n) is 22.0. The van der Waals surface area contributed by atoms with Crippen LogP contribution in [0, 0.1) is 0 Å². The van der Waals surface area contributed by atoms with Crippen LogP contribution in [-0.4, -0.2) is 65.6 Å². The smallest absolute Gasteiger partial charge is 0.269 e. The number of benzene rings is 2. The molecule has 0 radical (unpaired) electrons. The first kappa shape index (κ1) is 30.1. The third-order valence-corrected chi connectivity index (χ3v) is 5.81. The summed E-state index contributed by atoms with van der Waals surface area (Å²) in [6.07, 6.45) is 2.14. The van der Waals surface area contributed by atoms with Crippen LogP contribution < -0.4 is 39.9 Å². The average molecular weight is 553 g/mol. The topological polar surface area (TPSA) is 188 Å². The van der Waals surface area contributed by atoms with Gasteiger partial charge in [0, 0.05) is 18.2 Å². The minimum absolute atomic E-state index is 0.154. The van der Waals surface area contributed by atoms with Gasteiger partial charge in [0.1, 0.15) is 11.6 Å². The van der Waals surface area contributed by atoms with Crippen LogP contribution in [0.3, 0.4) is 0 Å². The summed E-state index contributed by atoms with van der Waals surface area (Å²) in [6, 6.07) is 6.65. The molecule has 0 aliphatic heterocycles. The molecule has 3 rings (SSSR count). The highest BCUT2D eigenvalue weighted by Crippen LogP contribution is 2.39. The molecule has 0 aliphatic carbocycles. The summed E-state index contributed by atoms with van der Waals surface area (Å²) in [6.45, 7) is 0. The Labute approximate surface area is 221 Å². The highest BCUT2D eigenvalue weighted by molar-refractivity contribution is 7.85. The van der Waals surface area contributed by atoms with Gasteiger partial charge in [-0.15, -0.1) is 0 Å². The Morgan fingerprint density at radius 1 is 0.737 bits per heavy atom. The molecule has 0 spiro atoms. The van der Waals surface area contributed by atoms with E-state index in [1.165, 1.54) is 33.5 Å². The number of anilines is 2. The van der Waals surface area contributed by atoms with Gasteiger partial charge in [-0.1, -0.05) is 0 Å². The molecule has 14 heteroatoms. The first-order chi connectivity index (χ1) is 18.0. The molecule has 0 amide bonds. The fourth-order valence-electron chi connectivity index (χ4n) is 3.46. The molecule has 208 valence electrons. The Morgan fingerprint density at radius 3 is 1.50 bits per heavy atom. The zero-order chi connectivity index (χ0) is 28.5. The number of rotatable bonds is 10. The first-order valence-electron chi connectivity index (χ1n) is 10.9. The second-order valence-electron chi connectivity index (χ2n) is 7.61. The van der Waals surface area contributed by atoms with E-state index in [4.69, 9.17) is 44.4 Å². The Bertz CT molecular complexity index is 1300. The van der Waals surface area contributed by atoms with Gasteiger partial charge >= 0.3 is 0 Å². The molecular formula is C24H32N4O9S. The highest BCUT2D eigenvalue weighted by Gasteiger charge is 2.16. The number of hydrogen-bond acceptors (Lipinski definition) is 12. The normalized spacial score (nSPS) is 10.6. The Balaban J connectivity index is 0.000000273. The van der Waals surface area contributed by atoms with Crippen molar-refractivity contribution in [2.75, 3.05) is 54.1 Å². The molecule has 1 aromatic heterocycles. The van der Waals surface area contributed by atoms with Gasteiger partial charge in [-0.2, -0.15) is 13.4 Å². The third-order valence-electron chi connectivity index (χ3n) is 5.11.